The summed E-state index contributed by atoms with van der Waals surface area (Å²) in [6.07, 6.45) is 1.59. The van der Waals surface area contributed by atoms with Crippen LogP contribution in [0.25, 0.3) is 11.0 Å². The molecular weight excluding hydrogens is 320 g/mol. The molecule has 4 rings (SSSR count). The highest BCUT2D eigenvalue weighted by molar-refractivity contribution is 6.31. The summed E-state index contributed by atoms with van der Waals surface area (Å²) >= 11 is 0. The number of hydrogen-bond donors (Lipinski definition) is 0. The number of methoxy groups -OCH3 is 2. The zero-order chi connectivity index (χ0) is 17.9. The van der Waals surface area contributed by atoms with E-state index < -0.39 is 0 Å². The van der Waals surface area contributed by atoms with Crippen LogP contribution in [0, 0.1) is 13.8 Å². The zero-order valence-electron chi connectivity index (χ0n) is 14.4. The lowest BCUT2D eigenvalue weighted by Crippen LogP contribution is -2.23. The Morgan fingerprint density at radius 2 is 1.64 bits per heavy atom. The van der Waals surface area contributed by atoms with Crippen molar-refractivity contribution in [3.8, 4) is 11.5 Å². The molecule has 0 radical (unpaired) electrons. The van der Waals surface area contributed by atoms with Gasteiger partial charge >= 0.3 is 0 Å². The van der Waals surface area contributed by atoms with Gasteiger partial charge in [-0.25, -0.2) is 0 Å². The van der Waals surface area contributed by atoms with E-state index in [1.165, 1.54) is 7.11 Å². The van der Waals surface area contributed by atoms with E-state index in [0.29, 0.717) is 39.3 Å². The van der Waals surface area contributed by atoms with E-state index in [-0.39, 0.29) is 17.1 Å². The van der Waals surface area contributed by atoms with Crippen LogP contribution in [0.4, 0.5) is 0 Å². The highest BCUT2D eigenvalue weighted by Gasteiger charge is 2.36. The Bertz CT molecular complexity index is 1070. The third kappa shape index (κ3) is 1.89. The SMILES string of the molecule is COc1ccc2c(c1C)C(=O)c1cc3c(C)coc3c(OC)c1C2=O. The predicted molar refractivity (Wildman–Crippen MR) is 92.1 cm³/mol. The van der Waals surface area contributed by atoms with Crippen LogP contribution < -0.4 is 9.47 Å². The monoisotopic (exact) mass is 336 g/mol. The fourth-order valence-corrected chi connectivity index (χ4v) is 3.53. The Morgan fingerprint density at radius 1 is 0.920 bits per heavy atom. The van der Waals surface area contributed by atoms with Gasteiger partial charge in [0.15, 0.2) is 22.9 Å². The topological polar surface area (TPSA) is 65.7 Å². The van der Waals surface area contributed by atoms with Crippen molar-refractivity contribution < 1.29 is 23.5 Å². The van der Waals surface area contributed by atoms with E-state index in [1.54, 1.807) is 38.5 Å². The van der Waals surface area contributed by atoms with Gasteiger partial charge in [-0.3, -0.25) is 9.59 Å². The van der Waals surface area contributed by atoms with Crippen molar-refractivity contribution >= 4 is 22.5 Å². The molecule has 5 heteroatoms. The molecule has 126 valence electrons. The minimum atomic E-state index is -0.247. The molecule has 25 heavy (non-hydrogen) atoms. The van der Waals surface area contributed by atoms with Gasteiger partial charge in [-0.2, -0.15) is 0 Å². The molecule has 0 amide bonds. The zero-order valence-corrected chi connectivity index (χ0v) is 14.4. The Kier molecular flexibility index (Phi) is 3.22. The smallest absolute Gasteiger partial charge is 0.198 e. The molecule has 0 unspecified atom stereocenters. The lowest BCUT2D eigenvalue weighted by Gasteiger charge is -2.22. The molecule has 3 aromatic rings. The summed E-state index contributed by atoms with van der Waals surface area (Å²) in [5.74, 6) is 0.430. The van der Waals surface area contributed by atoms with E-state index >= 15 is 0 Å². The average molecular weight is 336 g/mol. The number of rotatable bonds is 2. The van der Waals surface area contributed by atoms with Crippen molar-refractivity contribution in [1.82, 2.24) is 0 Å². The summed E-state index contributed by atoms with van der Waals surface area (Å²) in [7, 11) is 3.01. The lowest BCUT2D eigenvalue weighted by atomic mass is 9.80. The van der Waals surface area contributed by atoms with Crippen LogP contribution in [0.2, 0.25) is 0 Å². The standard InChI is InChI=1S/C20H16O5/c1-9-8-25-19-12(9)7-13-16(20(19)24-4)17(21)11-5-6-14(23-3)10(2)15(11)18(13)22/h5-8H,1-4H3. The van der Waals surface area contributed by atoms with Gasteiger partial charge in [0.25, 0.3) is 0 Å². The van der Waals surface area contributed by atoms with Crippen LogP contribution in [0.3, 0.4) is 0 Å². The van der Waals surface area contributed by atoms with E-state index in [2.05, 4.69) is 0 Å². The highest BCUT2D eigenvalue weighted by atomic mass is 16.5. The maximum atomic E-state index is 13.2. The number of hydrogen-bond acceptors (Lipinski definition) is 5. The Labute approximate surface area is 144 Å². The number of fused-ring (bicyclic) bond motifs is 3. The first-order chi connectivity index (χ1) is 12.0. The molecule has 2 aromatic carbocycles. The molecule has 5 nitrogen and oxygen atoms in total. The van der Waals surface area contributed by atoms with Crippen LogP contribution in [0.1, 0.15) is 43.0 Å². The van der Waals surface area contributed by atoms with Gasteiger partial charge in [0, 0.05) is 27.6 Å². The summed E-state index contributed by atoms with van der Waals surface area (Å²) in [5, 5.41) is 0.765. The Morgan fingerprint density at radius 3 is 2.32 bits per heavy atom. The van der Waals surface area contributed by atoms with Crippen molar-refractivity contribution in [3.63, 3.8) is 0 Å². The van der Waals surface area contributed by atoms with Gasteiger partial charge in [0.05, 0.1) is 26.0 Å². The molecule has 0 saturated heterocycles. The van der Waals surface area contributed by atoms with Crippen molar-refractivity contribution in [2.24, 2.45) is 0 Å². The van der Waals surface area contributed by atoms with Crippen LogP contribution in [-0.4, -0.2) is 25.8 Å². The molecule has 0 N–H and O–H groups in total. The normalized spacial score (nSPS) is 13.0. The third-order valence-corrected chi connectivity index (χ3v) is 4.80. The fourth-order valence-electron chi connectivity index (χ4n) is 3.53. The van der Waals surface area contributed by atoms with Gasteiger partial charge < -0.3 is 13.9 Å². The Hall–Kier alpha value is -3.08. The summed E-state index contributed by atoms with van der Waals surface area (Å²) in [6, 6.07) is 5.04. The number of ketones is 2. The molecule has 0 fully saturated rings. The maximum absolute atomic E-state index is 13.2. The van der Waals surface area contributed by atoms with Crippen molar-refractivity contribution in [2.45, 2.75) is 13.8 Å². The average Bonchev–Trinajstić information content (AvgIpc) is 2.98. The first-order valence-corrected chi connectivity index (χ1v) is 7.85. The second-order valence-corrected chi connectivity index (χ2v) is 6.10. The van der Waals surface area contributed by atoms with Crippen LogP contribution >= 0.6 is 0 Å². The van der Waals surface area contributed by atoms with Crippen LogP contribution in [-0.2, 0) is 0 Å². The first-order valence-electron chi connectivity index (χ1n) is 7.85. The lowest BCUT2D eigenvalue weighted by molar-refractivity contribution is 0.0976. The quantitative estimate of drug-likeness (QED) is 0.556. The summed E-state index contributed by atoms with van der Waals surface area (Å²) in [6.45, 7) is 3.67. The minimum absolute atomic E-state index is 0.207. The molecule has 0 saturated carbocycles. The van der Waals surface area contributed by atoms with E-state index in [9.17, 15) is 9.59 Å². The number of ether oxygens (including phenoxy) is 2. The molecule has 1 aliphatic carbocycles. The number of carbonyl (C=O) groups excluding carboxylic acids is 2. The van der Waals surface area contributed by atoms with Crippen molar-refractivity contribution in [2.75, 3.05) is 14.2 Å². The summed E-state index contributed by atoms with van der Waals surface area (Å²) in [5.41, 5.74) is 3.36. The van der Waals surface area contributed by atoms with Gasteiger partial charge in [0.1, 0.15) is 5.75 Å². The highest BCUT2D eigenvalue weighted by Crippen LogP contribution is 2.42. The van der Waals surface area contributed by atoms with Crippen LogP contribution in [0.5, 0.6) is 11.5 Å². The minimum Gasteiger partial charge on any atom is -0.496 e. The second-order valence-electron chi connectivity index (χ2n) is 6.10. The summed E-state index contributed by atoms with van der Waals surface area (Å²) in [4.78, 5) is 26.3. The molecular formula is C20H16O5. The Balaban J connectivity index is 2.11. The van der Waals surface area contributed by atoms with E-state index in [4.69, 9.17) is 13.9 Å². The fraction of sp³-hybridized carbons (Fsp3) is 0.200. The molecule has 1 aromatic heterocycles. The predicted octanol–water partition coefficient (Wildman–Crippen LogP) is 3.84. The number of carbonyl (C=O) groups is 2. The number of benzene rings is 2. The maximum Gasteiger partial charge on any atom is 0.198 e. The van der Waals surface area contributed by atoms with Gasteiger partial charge in [0.2, 0.25) is 0 Å². The third-order valence-electron chi connectivity index (χ3n) is 4.80. The molecule has 0 atom stereocenters. The number of aryl methyl sites for hydroxylation is 1. The molecule has 0 spiro atoms. The molecule has 0 bridgehead atoms. The molecule has 0 aliphatic heterocycles. The van der Waals surface area contributed by atoms with E-state index in [1.807, 2.05) is 6.92 Å². The number of furan rings is 1. The van der Waals surface area contributed by atoms with Crippen molar-refractivity contribution in [3.05, 3.63) is 57.8 Å². The summed E-state index contributed by atoms with van der Waals surface area (Å²) < 4.78 is 16.3. The molecule has 1 aliphatic rings. The van der Waals surface area contributed by atoms with Gasteiger partial charge in [-0.1, -0.05) is 0 Å². The second kappa shape index (κ2) is 5.21. The van der Waals surface area contributed by atoms with Gasteiger partial charge in [-0.15, -0.1) is 0 Å². The largest absolute Gasteiger partial charge is 0.496 e. The van der Waals surface area contributed by atoms with E-state index in [0.717, 1.165) is 10.9 Å². The van der Waals surface area contributed by atoms with Crippen molar-refractivity contribution in [1.29, 1.82) is 0 Å². The van der Waals surface area contributed by atoms with Crippen LogP contribution in [0.15, 0.2) is 28.9 Å². The van der Waals surface area contributed by atoms with Gasteiger partial charge in [-0.05, 0) is 37.6 Å². The molecule has 1 heterocycles. The first kappa shape index (κ1) is 15.4.